The van der Waals surface area contributed by atoms with E-state index in [1.165, 1.54) is 0 Å². The predicted octanol–water partition coefficient (Wildman–Crippen LogP) is 1.15. The highest BCUT2D eigenvalue weighted by Gasteiger charge is 2.25. The molecule has 2 heterocycles. The Kier molecular flexibility index (Phi) is 5.81. The molecule has 1 aromatic carbocycles. The monoisotopic (exact) mass is 364 g/mol. The minimum Gasteiger partial charge on any atom is -0.367 e. The molecule has 0 atom stereocenters. The largest absolute Gasteiger partial charge is 0.367 e. The van der Waals surface area contributed by atoms with E-state index in [2.05, 4.69) is 9.80 Å². The number of para-hydroxylation sites is 1. The fraction of sp³-hybridized carbons (Fsp3) is 0.556. The molecule has 0 N–H and O–H groups in total. The molecule has 0 unspecified atom stereocenters. The van der Waals surface area contributed by atoms with Crippen molar-refractivity contribution in [3.05, 3.63) is 29.3 Å². The average Bonchev–Trinajstić information content (AvgIpc) is 2.63. The molecule has 2 aliphatic rings. The Hall–Kier alpha value is -1.79. The number of carbonyl (C=O) groups is 2. The lowest BCUT2D eigenvalue weighted by atomic mass is 10.2. The van der Waals surface area contributed by atoms with E-state index in [0.717, 1.165) is 50.0 Å². The molecule has 0 saturated carbocycles. The van der Waals surface area contributed by atoms with Crippen LogP contribution < -0.4 is 4.90 Å². The van der Waals surface area contributed by atoms with E-state index in [-0.39, 0.29) is 11.8 Å². The van der Waals surface area contributed by atoms with Gasteiger partial charge in [-0.15, -0.1) is 0 Å². The third-order valence-electron chi connectivity index (χ3n) is 5.00. The molecule has 2 aliphatic heterocycles. The van der Waals surface area contributed by atoms with Crippen LogP contribution in [0.15, 0.2) is 24.3 Å². The molecular weight excluding hydrogens is 340 g/mol. The van der Waals surface area contributed by atoms with Crippen molar-refractivity contribution < 1.29 is 9.59 Å². The van der Waals surface area contributed by atoms with E-state index < -0.39 is 0 Å². The first-order valence-electron chi connectivity index (χ1n) is 8.80. The normalized spacial score (nSPS) is 19.2. The molecule has 2 fully saturated rings. The van der Waals surface area contributed by atoms with Crippen LogP contribution in [0.3, 0.4) is 0 Å². The maximum Gasteiger partial charge on any atom is 0.236 e. The summed E-state index contributed by atoms with van der Waals surface area (Å²) in [7, 11) is 0. The number of anilines is 1. The molecule has 25 heavy (non-hydrogen) atoms. The number of halogens is 1. The van der Waals surface area contributed by atoms with Crippen molar-refractivity contribution in [1.29, 1.82) is 0 Å². The van der Waals surface area contributed by atoms with Crippen LogP contribution in [0.25, 0.3) is 0 Å². The van der Waals surface area contributed by atoms with Gasteiger partial charge in [0.25, 0.3) is 0 Å². The Bertz CT molecular complexity index is 623. The van der Waals surface area contributed by atoms with Gasteiger partial charge in [-0.2, -0.15) is 0 Å². The van der Waals surface area contributed by atoms with Gasteiger partial charge in [-0.1, -0.05) is 23.7 Å². The lowest BCUT2D eigenvalue weighted by molar-refractivity contribution is -0.134. The molecule has 0 aromatic heterocycles. The highest BCUT2D eigenvalue weighted by atomic mass is 35.5. The van der Waals surface area contributed by atoms with Gasteiger partial charge in [0.1, 0.15) is 0 Å². The average molecular weight is 365 g/mol. The molecule has 3 rings (SSSR count). The summed E-state index contributed by atoms with van der Waals surface area (Å²) in [5.74, 6) is 0.289. The zero-order valence-electron chi connectivity index (χ0n) is 14.7. The fourth-order valence-corrected chi connectivity index (χ4v) is 3.67. The highest BCUT2D eigenvalue weighted by molar-refractivity contribution is 6.33. The molecule has 0 radical (unpaired) electrons. The summed E-state index contributed by atoms with van der Waals surface area (Å²) in [4.78, 5) is 32.1. The van der Waals surface area contributed by atoms with Crippen molar-refractivity contribution in [2.24, 2.45) is 0 Å². The van der Waals surface area contributed by atoms with Crippen molar-refractivity contribution in [3.8, 4) is 0 Å². The topological polar surface area (TPSA) is 47.1 Å². The van der Waals surface area contributed by atoms with Crippen LogP contribution in [-0.2, 0) is 9.59 Å². The first-order valence-corrected chi connectivity index (χ1v) is 9.17. The Morgan fingerprint density at radius 3 is 2.12 bits per heavy atom. The van der Waals surface area contributed by atoms with Gasteiger partial charge in [-0.3, -0.25) is 14.5 Å². The van der Waals surface area contributed by atoms with Crippen molar-refractivity contribution in [3.63, 3.8) is 0 Å². The summed E-state index contributed by atoms with van der Waals surface area (Å²) in [6, 6.07) is 7.83. The summed E-state index contributed by atoms with van der Waals surface area (Å²) in [5.41, 5.74) is 1.04. The van der Waals surface area contributed by atoms with Gasteiger partial charge >= 0.3 is 0 Å². The Labute approximate surface area is 153 Å². The van der Waals surface area contributed by atoms with Crippen LogP contribution in [0.4, 0.5) is 5.69 Å². The van der Waals surface area contributed by atoms with Gasteiger partial charge in [0.15, 0.2) is 0 Å². The van der Waals surface area contributed by atoms with Gasteiger partial charge in [0, 0.05) is 59.3 Å². The Morgan fingerprint density at radius 2 is 1.52 bits per heavy atom. The van der Waals surface area contributed by atoms with E-state index in [1.54, 1.807) is 6.92 Å². The van der Waals surface area contributed by atoms with Gasteiger partial charge in [0.2, 0.25) is 11.8 Å². The minimum absolute atomic E-state index is 0.113. The number of rotatable bonds is 3. The van der Waals surface area contributed by atoms with E-state index in [1.807, 2.05) is 34.1 Å². The second-order valence-electron chi connectivity index (χ2n) is 6.60. The number of benzene rings is 1. The summed E-state index contributed by atoms with van der Waals surface area (Å²) in [5, 5.41) is 0.755. The van der Waals surface area contributed by atoms with Gasteiger partial charge in [-0.05, 0) is 12.1 Å². The van der Waals surface area contributed by atoms with Crippen LogP contribution in [0, 0.1) is 0 Å². The van der Waals surface area contributed by atoms with Crippen molar-refractivity contribution in [2.45, 2.75) is 6.92 Å². The molecule has 136 valence electrons. The highest BCUT2D eigenvalue weighted by Crippen LogP contribution is 2.26. The SMILES string of the molecule is CC(=O)N1CCN(CC(=O)N2CCN(c3ccccc3Cl)CC2)CC1. The zero-order valence-corrected chi connectivity index (χ0v) is 15.4. The standard InChI is InChI=1S/C18H25ClN4O2/c1-15(24)21-8-6-20(7-9-21)14-18(25)23-12-10-22(11-13-23)17-5-3-2-4-16(17)19/h2-5H,6-14H2,1H3. The number of piperazine rings is 2. The zero-order chi connectivity index (χ0) is 17.8. The second-order valence-corrected chi connectivity index (χ2v) is 7.01. The van der Waals surface area contributed by atoms with E-state index in [9.17, 15) is 9.59 Å². The van der Waals surface area contributed by atoms with Crippen molar-refractivity contribution in [1.82, 2.24) is 14.7 Å². The third kappa shape index (κ3) is 4.44. The number of nitrogens with zero attached hydrogens (tertiary/aromatic N) is 4. The maximum atomic E-state index is 12.6. The third-order valence-corrected chi connectivity index (χ3v) is 5.32. The summed E-state index contributed by atoms with van der Waals surface area (Å²) in [6.45, 7) is 8.04. The van der Waals surface area contributed by atoms with E-state index in [0.29, 0.717) is 19.6 Å². The first kappa shape index (κ1) is 18.0. The number of amides is 2. The fourth-order valence-electron chi connectivity index (χ4n) is 3.42. The van der Waals surface area contributed by atoms with Gasteiger partial charge in [-0.25, -0.2) is 0 Å². The molecule has 0 spiro atoms. The van der Waals surface area contributed by atoms with E-state index in [4.69, 9.17) is 11.6 Å². The predicted molar refractivity (Wildman–Crippen MR) is 98.9 cm³/mol. The van der Waals surface area contributed by atoms with Crippen molar-refractivity contribution >= 4 is 29.1 Å². The molecule has 0 aliphatic carbocycles. The van der Waals surface area contributed by atoms with Crippen molar-refractivity contribution in [2.75, 3.05) is 63.8 Å². The lowest BCUT2D eigenvalue weighted by Gasteiger charge is -2.38. The quantitative estimate of drug-likeness (QED) is 0.807. The molecule has 6 nitrogen and oxygen atoms in total. The van der Waals surface area contributed by atoms with Crippen LogP contribution >= 0.6 is 11.6 Å². The lowest BCUT2D eigenvalue weighted by Crippen LogP contribution is -2.54. The van der Waals surface area contributed by atoms with Crippen LogP contribution in [0.5, 0.6) is 0 Å². The summed E-state index contributed by atoms with van der Waals surface area (Å²) < 4.78 is 0. The Balaban J connectivity index is 1.46. The molecule has 7 heteroatoms. The molecular formula is C18H25ClN4O2. The van der Waals surface area contributed by atoms with Crippen LogP contribution in [0.2, 0.25) is 5.02 Å². The van der Waals surface area contributed by atoms with E-state index >= 15 is 0 Å². The molecule has 0 bridgehead atoms. The number of hydrogen-bond donors (Lipinski definition) is 0. The summed E-state index contributed by atoms with van der Waals surface area (Å²) in [6.07, 6.45) is 0. The van der Waals surface area contributed by atoms with Crippen LogP contribution in [-0.4, -0.2) is 85.4 Å². The molecule has 2 saturated heterocycles. The molecule has 2 amide bonds. The number of carbonyl (C=O) groups excluding carboxylic acids is 2. The second kappa shape index (κ2) is 8.06. The maximum absolute atomic E-state index is 12.6. The Morgan fingerprint density at radius 1 is 0.920 bits per heavy atom. The minimum atomic E-state index is 0.113. The number of hydrogen-bond acceptors (Lipinski definition) is 4. The molecule has 1 aromatic rings. The van der Waals surface area contributed by atoms with Gasteiger partial charge in [0.05, 0.1) is 17.3 Å². The van der Waals surface area contributed by atoms with Gasteiger partial charge < -0.3 is 14.7 Å². The smallest absolute Gasteiger partial charge is 0.236 e. The van der Waals surface area contributed by atoms with Crippen LogP contribution in [0.1, 0.15) is 6.92 Å². The summed E-state index contributed by atoms with van der Waals surface area (Å²) >= 11 is 6.26. The first-order chi connectivity index (χ1) is 12.0.